The van der Waals surface area contributed by atoms with Crippen molar-refractivity contribution >= 4 is 33.3 Å². The molecule has 1 atom stereocenters. The molecule has 3 aromatic rings. The van der Waals surface area contributed by atoms with Crippen LogP contribution in [0.15, 0.2) is 59.6 Å². The molecule has 202 valence electrons. The predicted octanol–water partition coefficient (Wildman–Crippen LogP) is 2.11. The lowest BCUT2D eigenvalue weighted by Gasteiger charge is -2.17. The van der Waals surface area contributed by atoms with Crippen molar-refractivity contribution < 1.29 is 28.0 Å². The Morgan fingerprint density at radius 1 is 1.00 bits per heavy atom. The number of rotatable bonds is 12. The van der Waals surface area contributed by atoms with E-state index < -0.39 is 27.8 Å². The average molecular weight is 543 g/mol. The molecule has 2 amide bonds. The highest BCUT2D eigenvalue weighted by Crippen LogP contribution is 2.17. The summed E-state index contributed by atoms with van der Waals surface area (Å²) in [5.74, 6) is -2.38. The number of amides is 2. The van der Waals surface area contributed by atoms with E-state index in [1.54, 1.807) is 40.6 Å². The molecule has 0 aliphatic heterocycles. The van der Waals surface area contributed by atoms with Crippen LogP contribution in [-0.4, -0.2) is 46.2 Å². The minimum absolute atomic E-state index is 0.0367. The van der Waals surface area contributed by atoms with E-state index in [1.807, 2.05) is 13.8 Å². The summed E-state index contributed by atoms with van der Waals surface area (Å²) in [6, 6.07) is 12.6. The van der Waals surface area contributed by atoms with Crippen molar-refractivity contribution in [2.24, 2.45) is 11.8 Å². The average Bonchev–Trinajstić information content (AvgIpc) is 3.34. The van der Waals surface area contributed by atoms with Crippen LogP contribution in [0.3, 0.4) is 0 Å². The SMILES string of the molecule is CC(=O)c1ccc(S(=O)(=O)NCc2cn(Cc3ccc(NC(=O)C(CC(C)C)C(=O)NO)cc3)nn2)cc1. The Bertz CT molecular complexity index is 1380. The number of Topliss-reactive ketones (excluding diaryl/α,β-unsaturated/α-hetero) is 1. The summed E-state index contributed by atoms with van der Waals surface area (Å²) < 4.78 is 29.1. The minimum atomic E-state index is -3.80. The number of ketones is 1. The van der Waals surface area contributed by atoms with Crippen LogP contribution in [0.2, 0.25) is 0 Å². The summed E-state index contributed by atoms with van der Waals surface area (Å²) in [6.07, 6.45) is 1.90. The summed E-state index contributed by atoms with van der Waals surface area (Å²) in [6.45, 7) is 5.44. The topological polar surface area (TPSA) is 172 Å². The van der Waals surface area contributed by atoms with Gasteiger partial charge in [0, 0.05) is 11.3 Å². The number of aromatic nitrogens is 3. The van der Waals surface area contributed by atoms with Gasteiger partial charge in [-0.2, -0.15) is 0 Å². The molecule has 0 saturated heterocycles. The first-order valence-corrected chi connectivity index (χ1v) is 13.3. The van der Waals surface area contributed by atoms with Crippen LogP contribution in [-0.2, 0) is 32.7 Å². The van der Waals surface area contributed by atoms with Crippen LogP contribution in [0.5, 0.6) is 0 Å². The Morgan fingerprint density at radius 3 is 2.24 bits per heavy atom. The van der Waals surface area contributed by atoms with Gasteiger partial charge in [-0.1, -0.05) is 43.3 Å². The monoisotopic (exact) mass is 542 g/mol. The predicted molar refractivity (Wildman–Crippen MR) is 138 cm³/mol. The van der Waals surface area contributed by atoms with Crippen molar-refractivity contribution in [3.8, 4) is 0 Å². The Kier molecular flexibility index (Phi) is 9.45. The molecule has 1 unspecified atom stereocenters. The largest absolute Gasteiger partial charge is 0.325 e. The number of hydroxylamine groups is 1. The molecule has 0 fully saturated rings. The third-order valence-electron chi connectivity index (χ3n) is 5.62. The van der Waals surface area contributed by atoms with Gasteiger partial charge in [-0.3, -0.25) is 19.6 Å². The number of sulfonamides is 1. The molecule has 2 aromatic carbocycles. The molecule has 0 bridgehead atoms. The van der Waals surface area contributed by atoms with Crippen LogP contribution < -0.4 is 15.5 Å². The quantitative estimate of drug-likeness (QED) is 0.117. The van der Waals surface area contributed by atoms with Crippen molar-refractivity contribution in [1.29, 1.82) is 0 Å². The highest BCUT2D eigenvalue weighted by atomic mass is 32.2. The Morgan fingerprint density at radius 2 is 1.66 bits per heavy atom. The number of carbonyl (C=O) groups is 3. The Hall–Kier alpha value is -3.94. The van der Waals surface area contributed by atoms with Gasteiger partial charge in [0.1, 0.15) is 5.92 Å². The summed E-state index contributed by atoms with van der Waals surface area (Å²) in [4.78, 5) is 35.8. The first kappa shape index (κ1) is 28.6. The van der Waals surface area contributed by atoms with Gasteiger partial charge in [-0.15, -0.1) is 5.10 Å². The van der Waals surface area contributed by atoms with Crippen LogP contribution in [0, 0.1) is 11.8 Å². The number of hydrogen-bond donors (Lipinski definition) is 4. The van der Waals surface area contributed by atoms with E-state index in [1.165, 1.54) is 31.2 Å². The maximum atomic E-state index is 12.5. The number of benzene rings is 2. The van der Waals surface area contributed by atoms with Crippen molar-refractivity contribution in [3.05, 3.63) is 71.5 Å². The standard InChI is InChI=1S/C25H30N6O6S/c1-16(2)12-23(25(34)29-35)24(33)27-20-8-4-18(5-9-20)14-31-15-21(28-30-31)13-26-38(36,37)22-10-6-19(7-11-22)17(3)32/h4-11,15-16,23,26,35H,12-14H2,1-3H3,(H,27,33)(H,29,34). The Balaban J connectivity index is 1.56. The van der Waals surface area contributed by atoms with Crippen molar-refractivity contribution in [2.75, 3.05) is 5.32 Å². The first-order chi connectivity index (χ1) is 18.0. The van der Waals surface area contributed by atoms with E-state index >= 15 is 0 Å². The van der Waals surface area contributed by atoms with Gasteiger partial charge in [-0.05, 0) is 49.1 Å². The minimum Gasteiger partial charge on any atom is -0.325 e. The Labute approximate surface area is 220 Å². The third-order valence-corrected chi connectivity index (χ3v) is 7.03. The van der Waals surface area contributed by atoms with Crippen molar-refractivity contribution in [1.82, 2.24) is 25.2 Å². The normalized spacial score (nSPS) is 12.2. The number of anilines is 1. The molecule has 13 heteroatoms. The molecule has 4 N–H and O–H groups in total. The number of nitrogens with zero attached hydrogens (tertiary/aromatic N) is 3. The zero-order valence-corrected chi connectivity index (χ0v) is 22.0. The third kappa shape index (κ3) is 7.78. The summed E-state index contributed by atoms with van der Waals surface area (Å²) in [5.41, 5.74) is 3.71. The second-order valence-corrected chi connectivity index (χ2v) is 10.9. The van der Waals surface area contributed by atoms with E-state index in [-0.39, 0.29) is 29.6 Å². The molecule has 0 radical (unpaired) electrons. The van der Waals surface area contributed by atoms with Crippen LogP contribution in [0.1, 0.15) is 48.8 Å². The summed E-state index contributed by atoms with van der Waals surface area (Å²) in [7, 11) is -3.80. The fourth-order valence-corrected chi connectivity index (χ4v) is 4.61. The van der Waals surface area contributed by atoms with Crippen LogP contribution >= 0.6 is 0 Å². The number of carbonyl (C=O) groups excluding carboxylic acids is 3. The second kappa shape index (κ2) is 12.5. The molecule has 0 aliphatic carbocycles. The molecule has 1 heterocycles. The zero-order chi connectivity index (χ0) is 27.9. The maximum absolute atomic E-state index is 12.5. The lowest BCUT2D eigenvalue weighted by atomic mass is 9.95. The molecular weight excluding hydrogens is 512 g/mol. The van der Waals surface area contributed by atoms with E-state index in [2.05, 4.69) is 20.4 Å². The fourth-order valence-electron chi connectivity index (χ4n) is 3.61. The lowest BCUT2D eigenvalue weighted by molar-refractivity contribution is -0.139. The molecule has 3 rings (SSSR count). The fraction of sp³-hybridized carbons (Fsp3) is 0.320. The smallest absolute Gasteiger partial charge is 0.255 e. The van der Waals surface area contributed by atoms with E-state index in [0.717, 1.165) is 5.56 Å². The van der Waals surface area contributed by atoms with Crippen molar-refractivity contribution in [2.45, 2.75) is 45.2 Å². The van der Waals surface area contributed by atoms with Gasteiger partial charge in [0.2, 0.25) is 15.9 Å². The van der Waals surface area contributed by atoms with Gasteiger partial charge in [0.25, 0.3) is 5.91 Å². The molecule has 12 nitrogen and oxygen atoms in total. The highest BCUT2D eigenvalue weighted by molar-refractivity contribution is 7.89. The van der Waals surface area contributed by atoms with Crippen LogP contribution in [0.4, 0.5) is 5.69 Å². The number of hydrogen-bond acceptors (Lipinski definition) is 8. The highest BCUT2D eigenvalue weighted by Gasteiger charge is 2.27. The van der Waals surface area contributed by atoms with E-state index in [0.29, 0.717) is 23.5 Å². The summed E-state index contributed by atoms with van der Waals surface area (Å²) >= 11 is 0. The van der Waals surface area contributed by atoms with Gasteiger partial charge >= 0.3 is 0 Å². The summed E-state index contributed by atoms with van der Waals surface area (Å²) in [5, 5.41) is 19.6. The first-order valence-electron chi connectivity index (χ1n) is 11.8. The zero-order valence-electron chi connectivity index (χ0n) is 21.2. The molecular formula is C25H30N6O6S. The number of nitrogens with one attached hydrogen (secondary N) is 3. The van der Waals surface area contributed by atoms with E-state index in [4.69, 9.17) is 5.21 Å². The molecule has 1 aromatic heterocycles. The maximum Gasteiger partial charge on any atom is 0.255 e. The van der Waals surface area contributed by atoms with Gasteiger partial charge in [0.05, 0.1) is 29.9 Å². The molecule has 0 saturated carbocycles. The molecule has 38 heavy (non-hydrogen) atoms. The van der Waals surface area contributed by atoms with Crippen LogP contribution in [0.25, 0.3) is 0 Å². The van der Waals surface area contributed by atoms with Gasteiger partial charge in [-0.25, -0.2) is 23.3 Å². The molecule has 0 aliphatic rings. The van der Waals surface area contributed by atoms with E-state index in [9.17, 15) is 22.8 Å². The van der Waals surface area contributed by atoms with Crippen molar-refractivity contribution in [3.63, 3.8) is 0 Å². The van der Waals surface area contributed by atoms with Gasteiger partial charge < -0.3 is 5.32 Å². The second-order valence-electron chi connectivity index (χ2n) is 9.16. The lowest BCUT2D eigenvalue weighted by Crippen LogP contribution is -2.37. The molecule has 0 spiro atoms. The van der Waals surface area contributed by atoms with Gasteiger partial charge in [0.15, 0.2) is 5.78 Å².